The highest BCUT2D eigenvalue weighted by molar-refractivity contribution is 8.12. The number of amides is 2. The molecule has 0 saturated carbocycles. The zero-order valence-electron chi connectivity index (χ0n) is 19.9. The fourth-order valence-electron chi connectivity index (χ4n) is 4.57. The van der Waals surface area contributed by atoms with Crippen molar-refractivity contribution in [2.24, 2.45) is 4.99 Å². The molecule has 2 aromatic rings. The van der Waals surface area contributed by atoms with Crippen molar-refractivity contribution < 1.29 is 14.0 Å². The largest absolute Gasteiger partial charge is 0.343 e. The van der Waals surface area contributed by atoms with Gasteiger partial charge in [-0.25, -0.2) is 4.39 Å². The highest BCUT2D eigenvalue weighted by atomic mass is 32.2. The molecule has 1 unspecified atom stereocenters. The van der Waals surface area contributed by atoms with Gasteiger partial charge in [0.05, 0.1) is 30.1 Å². The van der Waals surface area contributed by atoms with Crippen LogP contribution in [-0.2, 0) is 9.59 Å². The summed E-state index contributed by atoms with van der Waals surface area (Å²) in [7, 11) is 0. The summed E-state index contributed by atoms with van der Waals surface area (Å²) in [4.78, 5) is 32.4. The van der Waals surface area contributed by atoms with Crippen LogP contribution in [0, 0.1) is 0 Å². The first-order valence-electron chi connectivity index (χ1n) is 11.8. The SMILES string of the molecule is CC(C)c1ccc([C@@H](NC(=O)[C@@H]2C[C@@H](F)CN2C(=O)CC2(C)CSC=N2)c2ccccc2)cc1. The van der Waals surface area contributed by atoms with Crippen LogP contribution in [0.3, 0.4) is 0 Å². The minimum absolute atomic E-state index is 0.0140. The van der Waals surface area contributed by atoms with E-state index in [2.05, 4.69) is 36.3 Å². The lowest BCUT2D eigenvalue weighted by Crippen LogP contribution is -2.48. The lowest BCUT2D eigenvalue weighted by Gasteiger charge is -2.29. The van der Waals surface area contributed by atoms with Crippen molar-refractivity contribution in [2.75, 3.05) is 12.3 Å². The van der Waals surface area contributed by atoms with Gasteiger partial charge in [0, 0.05) is 12.2 Å². The van der Waals surface area contributed by atoms with Crippen molar-refractivity contribution in [1.82, 2.24) is 10.2 Å². The molecule has 7 heteroatoms. The van der Waals surface area contributed by atoms with Gasteiger partial charge in [-0.1, -0.05) is 68.4 Å². The number of benzene rings is 2. The van der Waals surface area contributed by atoms with E-state index in [0.717, 1.165) is 11.1 Å². The van der Waals surface area contributed by atoms with E-state index in [-0.39, 0.29) is 37.2 Å². The average molecular weight is 482 g/mol. The Hall–Kier alpha value is -2.67. The molecule has 4 atom stereocenters. The second kappa shape index (κ2) is 10.3. The summed E-state index contributed by atoms with van der Waals surface area (Å²) in [6.07, 6.45) is -1.03. The maximum atomic E-state index is 14.4. The molecule has 4 rings (SSSR count). The zero-order valence-corrected chi connectivity index (χ0v) is 20.7. The van der Waals surface area contributed by atoms with Gasteiger partial charge in [0.2, 0.25) is 11.8 Å². The predicted molar refractivity (Wildman–Crippen MR) is 136 cm³/mol. The number of likely N-dealkylation sites (tertiary alicyclic amines) is 1. The van der Waals surface area contributed by atoms with Crippen LogP contribution >= 0.6 is 11.8 Å². The molecule has 1 saturated heterocycles. The van der Waals surface area contributed by atoms with Gasteiger partial charge < -0.3 is 10.2 Å². The third-order valence-corrected chi connectivity index (χ3v) is 7.64. The van der Waals surface area contributed by atoms with Gasteiger partial charge in [-0.15, -0.1) is 11.8 Å². The predicted octanol–water partition coefficient (Wildman–Crippen LogP) is 4.88. The number of hydrogen-bond donors (Lipinski definition) is 1. The molecule has 0 radical (unpaired) electrons. The monoisotopic (exact) mass is 481 g/mol. The number of aliphatic imine (C=N–C) groups is 1. The number of carbonyl (C=O) groups is 2. The summed E-state index contributed by atoms with van der Waals surface area (Å²) in [5, 5.41) is 3.12. The molecule has 0 aromatic heterocycles. The summed E-state index contributed by atoms with van der Waals surface area (Å²) in [5.41, 5.74) is 4.36. The van der Waals surface area contributed by atoms with E-state index in [4.69, 9.17) is 0 Å². The second-order valence-electron chi connectivity index (χ2n) is 9.79. The minimum atomic E-state index is -1.21. The van der Waals surface area contributed by atoms with Crippen molar-refractivity contribution in [1.29, 1.82) is 0 Å². The summed E-state index contributed by atoms with van der Waals surface area (Å²) < 4.78 is 14.4. The highest BCUT2D eigenvalue weighted by Gasteiger charge is 2.42. The fourth-order valence-corrected chi connectivity index (χ4v) is 5.51. The molecule has 5 nitrogen and oxygen atoms in total. The van der Waals surface area contributed by atoms with Gasteiger partial charge in [-0.3, -0.25) is 14.6 Å². The lowest BCUT2D eigenvalue weighted by atomic mass is 9.95. The van der Waals surface area contributed by atoms with Crippen molar-refractivity contribution in [3.63, 3.8) is 0 Å². The third kappa shape index (κ3) is 5.52. The van der Waals surface area contributed by atoms with Crippen LogP contribution in [0.5, 0.6) is 0 Å². The van der Waals surface area contributed by atoms with Gasteiger partial charge in [0.25, 0.3) is 0 Å². The van der Waals surface area contributed by atoms with E-state index in [0.29, 0.717) is 11.7 Å². The van der Waals surface area contributed by atoms with E-state index >= 15 is 0 Å². The summed E-state index contributed by atoms with van der Waals surface area (Å²) >= 11 is 1.56. The molecule has 2 aliphatic heterocycles. The number of thioether (sulfide) groups is 1. The van der Waals surface area contributed by atoms with Crippen LogP contribution in [-0.4, -0.2) is 52.3 Å². The van der Waals surface area contributed by atoms with Gasteiger partial charge in [0.1, 0.15) is 12.2 Å². The Morgan fingerprint density at radius 1 is 1.12 bits per heavy atom. The molecular weight excluding hydrogens is 449 g/mol. The molecule has 180 valence electrons. The van der Waals surface area contributed by atoms with Gasteiger partial charge in [-0.05, 0) is 29.5 Å². The number of alkyl halides is 1. The Bertz CT molecular complexity index is 1040. The Balaban J connectivity index is 1.55. The van der Waals surface area contributed by atoms with Crippen molar-refractivity contribution in [2.45, 2.75) is 63.3 Å². The molecular formula is C27H32FN3O2S. The van der Waals surface area contributed by atoms with E-state index in [9.17, 15) is 14.0 Å². The fraction of sp³-hybridized carbons (Fsp3) is 0.444. The first-order valence-corrected chi connectivity index (χ1v) is 12.8. The van der Waals surface area contributed by atoms with Crippen molar-refractivity contribution in [3.05, 3.63) is 71.3 Å². The average Bonchev–Trinajstić information content (AvgIpc) is 3.43. The molecule has 1 N–H and O–H groups in total. The maximum absolute atomic E-state index is 14.4. The number of halogens is 1. The summed E-state index contributed by atoms with van der Waals surface area (Å²) in [6.45, 7) is 6.15. The van der Waals surface area contributed by atoms with Crippen LogP contribution in [0.2, 0.25) is 0 Å². The van der Waals surface area contributed by atoms with Crippen LogP contribution in [0.25, 0.3) is 0 Å². The number of rotatable bonds is 7. The Morgan fingerprint density at radius 2 is 1.76 bits per heavy atom. The molecule has 2 aromatic carbocycles. The van der Waals surface area contributed by atoms with Crippen molar-refractivity contribution in [3.8, 4) is 0 Å². The van der Waals surface area contributed by atoms with Crippen LogP contribution in [0.15, 0.2) is 59.6 Å². The molecule has 1 fully saturated rings. The molecule has 0 spiro atoms. The van der Waals surface area contributed by atoms with Gasteiger partial charge in [-0.2, -0.15) is 0 Å². The smallest absolute Gasteiger partial charge is 0.243 e. The Morgan fingerprint density at radius 3 is 2.38 bits per heavy atom. The molecule has 34 heavy (non-hydrogen) atoms. The normalized spacial score (nSPS) is 25.0. The highest BCUT2D eigenvalue weighted by Crippen LogP contribution is 2.31. The van der Waals surface area contributed by atoms with E-state index in [1.165, 1.54) is 10.5 Å². The molecule has 2 aliphatic rings. The van der Waals surface area contributed by atoms with E-state index in [1.54, 1.807) is 17.3 Å². The summed E-state index contributed by atoms with van der Waals surface area (Å²) in [5.74, 6) is 0.567. The maximum Gasteiger partial charge on any atom is 0.243 e. The molecule has 2 amide bonds. The van der Waals surface area contributed by atoms with Crippen LogP contribution in [0.1, 0.15) is 62.3 Å². The number of carbonyl (C=O) groups excluding carboxylic acids is 2. The minimum Gasteiger partial charge on any atom is -0.343 e. The zero-order chi connectivity index (χ0) is 24.3. The van der Waals surface area contributed by atoms with Gasteiger partial charge in [0.15, 0.2) is 0 Å². The lowest BCUT2D eigenvalue weighted by molar-refractivity contribution is -0.139. The number of nitrogens with zero attached hydrogens (tertiary/aromatic N) is 2. The second-order valence-corrected chi connectivity index (χ2v) is 10.6. The molecule has 0 bridgehead atoms. The van der Waals surface area contributed by atoms with E-state index < -0.39 is 17.8 Å². The Labute approximate surface area is 205 Å². The standard InChI is InChI=1S/C27H32FN3O2S/c1-18(2)19-9-11-21(12-10-19)25(20-7-5-4-6-8-20)30-26(33)23-13-22(28)15-31(23)24(32)14-27(3)16-34-17-29-27/h4-12,17-18,22-23,25H,13-16H2,1-3H3,(H,30,33)/t22-,23+,25+,27?/m1/s1. The third-order valence-electron chi connectivity index (χ3n) is 6.59. The Kier molecular flexibility index (Phi) is 7.41. The number of hydrogen-bond acceptors (Lipinski definition) is 4. The van der Waals surface area contributed by atoms with Crippen LogP contribution < -0.4 is 5.32 Å². The van der Waals surface area contributed by atoms with Crippen LogP contribution in [0.4, 0.5) is 4.39 Å². The first-order chi connectivity index (χ1) is 16.3. The summed E-state index contributed by atoms with van der Waals surface area (Å²) in [6, 6.07) is 16.7. The number of nitrogens with one attached hydrogen (secondary N) is 1. The van der Waals surface area contributed by atoms with Crippen molar-refractivity contribution >= 4 is 29.1 Å². The quantitative estimate of drug-likeness (QED) is 0.613. The topological polar surface area (TPSA) is 61.8 Å². The van der Waals surface area contributed by atoms with E-state index in [1.807, 2.05) is 49.4 Å². The molecule has 0 aliphatic carbocycles. The first kappa shape index (κ1) is 24.5. The van der Waals surface area contributed by atoms with Gasteiger partial charge >= 0.3 is 0 Å². The molecule has 2 heterocycles.